The summed E-state index contributed by atoms with van der Waals surface area (Å²) in [6.45, 7) is 2.05. The lowest BCUT2D eigenvalue weighted by atomic mass is 10.2. The molecule has 1 heterocycles. The Morgan fingerprint density at radius 3 is 2.53 bits per heavy atom. The van der Waals surface area contributed by atoms with Crippen LogP contribution < -0.4 is 11.5 Å². The summed E-state index contributed by atoms with van der Waals surface area (Å²) in [5.41, 5.74) is 10.8. The normalized spacial score (nSPS) is 10.4. The van der Waals surface area contributed by atoms with E-state index >= 15 is 0 Å². The van der Waals surface area contributed by atoms with Gasteiger partial charge in [0, 0.05) is 6.42 Å². The third-order valence-corrected chi connectivity index (χ3v) is 2.72. The van der Waals surface area contributed by atoms with Gasteiger partial charge in [-0.2, -0.15) is 0 Å². The van der Waals surface area contributed by atoms with E-state index in [-0.39, 0.29) is 21.9 Å². The van der Waals surface area contributed by atoms with E-state index in [0.29, 0.717) is 6.42 Å². The Kier molecular flexibility index (Phi) is 4.45. The van der Waals surface area contributed by atoms with Crippen molar-refractivity contribution in [1.29, 1.82) is 0 Å². The lowest BCUT2D eigenvalue weighted by Gasteiger charge is -2.03. The quantitative estimate of drug-likeness (QED) is 0.547. The molecule has 0 aliphatic rings. The Morgan fingerprint density at radius 2 is 2.06 bits per heavy atom. The van der Waals surface area contributed by atoms with Crippen LogP contribution in [-0.4, -0.2) is 21.6 Å². The number of aromatic amines is 1. The largest absolute Gasteiger partial charge is 0.383 e. The van der Waals surface area contributed by atoms with Gasteiger partial charge >= 0.3 is 0 Å². The number of primary amides is 1. The lowest BCUT2D eigenvalue weighted by molar-refractivity contribution is 0.0886. The van der Waals surface area contributed by atoms with Crippen LogP contribution in [0, 0.1) is 4.64 Å². The van der Waals surface area contributed by atoms with Crippen LogP contribution >= 0.6 is 12.2 Å². The van der Waals surface area contributed by atoms with E-state index in [2.05, 4.69) is 5.10 Å². The Bertz CT molecular complexity index is 489. The summed E-state index contributed by atoms with van der Waals surface area (Å²) in [7, 11) is 0. The monoisotopic (exact) mass is 256 g/mol. The van der Waals surface area contributed by atoms with Gasteiger partial charge in [-0.15, -0.1) is 0 Å². The van der Waals surface area contributed by atoms with Crippen LogP contribution in [0.1, 0.15) is 47.8 Å². The maximum Gasteiger partial charge on any atom is 0.255 e. The second kappa shape index (κ2) is 5.62. The highest BCUT2D eigenvalue weighted by atomic mass is 32.1. The Labute approximate surface area is 104 Å². The summed E-state index contributed by atoms with van der Waals surface area (Å²) in [5, 5.41) is 2.58. The number of nitrogens with zero attached hydrogens (tertiary/aromatic N) is 1. The summed E-state index contributed by atoms with van der Waals surface area (Å²) in [4.78, 5) is 22.9. The molecule has 0 aliphatic heterocycles. The van der Waals surface area contributed by atoms with Gasteiger partial charge in [0.2, 0.25) is 5.91 Å². The highest BCUT2D eigenvalue weighted by molar-refractivity contribution is 7.71. The van der Waals surface area contributed by atoms with Gasteiger partial charge in [-0.25, -0.2) is 4.68 Å². The number of hydrogen-bond acceptors (Lipinski definition) is 4. The molecule has 0 bridgehead atoms. The van der Waals surface area contributed by atoms with Crippen molar-refractivity contribution in [2.75, 3.05) is 5.73 Å². The third-order valence-electron chi connectivity index (χ3n) is 2.43. The van der Waals surface area contributed by atoms with Gasteiger partial charge in [-0.3, -0.25) is 14.7 Å². The SMILES string of the molecule is CCCCCC(=O)n1[nH]c(=S)c(C(N)=O)c1N. The third kappa shape index (κ3) is 2.94. The molecular formula is C10H16N4O2S. The fraction of sp³-hybridized carbons (Fsp3) is 0.500. The predicted molar refractivity (Wildman–Crippen MR) is 67.3 cm³/mol. The average Bonchev–Trinajstić information content (AvgIpc) is 2.54. The number of anilines is 1. The topological polar surface area (TPSA) is 107 Å². The second-order valence-electron chi connectivity index (χ2n) is 3.75. The Balaban J connectivity index is 2.92. The van der Waals surface area contributed by atoms with Crippen molar-refractivity contribution in [2.24, 2.45) is 5.73 Å². The molecule has 0 atom stereocenters. The molecule has 1 rings (SSSR count). The van der Waals surface area contributed by atoms with Crippen molar-refractivity contribution in [3.05, 3.63) is 10.2 Å². The first-order valence-corrected chi connectivity index (χ1v) is 5.83. The number of carbonyl (C=O) groups excluding carboxylic acids is 2. The average molecular weight is 256 g/mol. The molecule has 0 aliphatic carbocycles. The van der Waals surface area contributed by atoms with Gasteiger partial charge in [0.05, 0.1) is 0 Å². The van der Waals surface area contributed by atoms with Crippen molar-refractivity contribution in [1.82, 2.24) is 9.78 Å². The first-order chi connectivity index (χ1) is 7.99. The zero-order chi connectivity index (χ0) is 13.0. The minimum atomic E-state index is -0.733. The van der Waals surface area contributed by atoms with Gasteiger partial charge in [0.15, 0.2) is 0 Å². The van der Waals surface area contributed by atoms with Gasteiger partial charge in [0.25, 0.3) is 5.91 Å². The van der Waals surface area contributed by atoms with Gasteiger partial charge in [0.1, 0.15) is 16.0 Å². The second-order valence-corrected chi connectivity index (χ2v) is 4.16. The highest BCUT2D eigenvalue weighted by Crippen LogP contribution is 2.14. The summed E-state index contributed by atoms with van der Waals surface area (Å²) in [5.74, 6) is -0.956. The fourth-order valence-corrected chi connectivity index (χ4v) is 1.82. The number of hydrogen-bond donors (Lipinski definition) is 3. The number of nitrogens with two attached hydrogens (primary N) is 2. The molecule has 94 valence electrons. The number of rotatable bonds is 5. The predicted octanol–water partition coefficient (Wildman–Crippen LogP) is 1.45. The van der Waals surface area contributed by atoms with E-state index in [4.69, 9.17) is 23.7 Å². The number of nitrogen functional groups attached to an aromatic ring is 1. The molecule has 1 aromatic rings. The van der Waals surface area contributed by atoms with Crippen LogP contribution in [0.25, 0.3) is 0 Å². The van der Waals surface area contributed by atoms with Crippen LogP contribution in [0.15, 0.2) is 0 Å². The molecule has 0 radical (unpaired) electrons. The van der Waals surface area contributed by atoms with E-state index in [1.807, 2.05) is 6.92 Å². The van der Waals surface area contributed by atoms with Crippen molar-refractivity contribution in [3.63, 3.8) is 0 Å². The summed E-state index contributed by atoms with van der Waals surface area (Å²) < 4.78 is 1.19. The summed E-state index contributed by atoms with van der Waals surface area (Å²) in [6, 6.07) is 0. The molecule has 0 unspecified atom stereocenters. The maximum absolute atomic E-state index is 11.8. The Hall–Kier alpha value is -1.63. The zero-order valence-electron chi connectivity index (χ0n) is 9.66. The zero-order valence-corrected chi connectivity index (χ0v) is 10.5. The highest BCUT2D eigenvalue weighted by Gasteiger charge is 2.17. The number of H-pyrrole nitrogens is 1. The molecule has 0 aromatic carbocycles. The smallest absolute Gasteiger partial charge is 0.255 e. The fourth-order valence-electron chi connectivity index (χ4n) is 1.52. The standard InChI is InChI=1S/C10H16N4O2S/c1-2-3-4-5-6(15)14-8(11)7(9(12)16)10(17)13-14/h2-5,11H2,1H3,(H2,12,16)(H,13,17). The van der Waals surface area contributed by atoms with Crippen molar-refractivity contribution >= 4 is 29.9 Å². The number of unbranched alkanes of at least 4 members (excludes halogenated alkanes) is 2. The Morgan fingerprint density at radius 1 is 1.41 bits per heavy atom. The van der Waals surface area contributed by atoms with Crippen LogP contribution in [0.3, 0.4) is 0 Å². The summed E-state index contributed by atoms with van der Waals surface area (Å²) >= 11 is 4.88. The van der Waals surface area contributed by atoms with Gasteiger partial charge < -0.3 is 11.5 Å². The first-order valence-electron chi connectivity index (χ1n) is 5.42. The molecule has 5 N–H and O–H groups in total. The van der Waals surface area contributed by atoms with Crippen LogP contribution in [0.5, 0.6) is 0 Å². The van der Waals surface area contributed by atoms with E-state index in [1.54, 1.807) is 0 Å². The van der Waals surface area contributed by atoms with Crippen LogP contribution in [0.4, 0.5) is 5.82 Å². The number of amides is 1. The van der Waals surface area contributed by atoms with Crippen molar-refractivity contribution in [2.45, 2.75) is 32.6 Å². The lowest BCUT2D eigenvalue weighted by Crippen LogP contribution is -2.17. The van der Waals surface area contributed by atoms with Crippen LogP contribution in [-0.2, 0) is 0 Å². The molecule has 17 heavy (non-hydrogen) atoms. The van der Waals surface area contributed by atoms with E-state index in [1.165, 1.54) is 0 Å². The molecular weight excluding hydrogens is 240 g/mol. The van der Waals surface area contributed by atoms with E-state index in [9.17, 15) is 9.59 Å². The van der Waals surface area contributed by atoms with Gasteiger partial charge in [-0.05, 0) is 6.42 Å². The molecule has 0 spiro atoms. The minimum Gasteiger partial charge on any atom is -0.383 e. The molecule has 0 saturated carbocycles. The number of carbonyl (C=O) groups is 2. The first kappa shape index (κ1) is 13.4. The maximum atomic E-state index is 11.8. The van der Waals surface area contributed by atoms with E-state index < -0.39 is 5.91 Å². The van der Waals surface area contributed by atoms with Crippen molar-refractivity contribution in [3.8, 4) is 0 Å². The summed E-state index contributed by atoms with van der Waals surface area (Å²) in [6.07, 6.45) is 3.13. The van der Waals surface area contributed by atoms with E-state index in [0.717, 1.165) is 23.9 Å². The number of nitrogens with one attached hydrogen (secondary N) is 1. The van der Waals surface area contributed by atoms with Crippen molar-refractivity contribution < 1.29 is 9.59 Å². The number of aromatic nitrogens is 2. The molecule has 7 heteroatoms. The molecule has 0 fully saturated rings. The van der Waals surface area contributed by atoms with Gasteiger partial charge in [-0.1, -0.05) is 32.0 Å². The molecule has 1 aromatic heterocycles. The molecule has 0 saturated heterocycles. The minimum absolute atomic E-state index is 0.00356. The molecule has 1 amide bonds. The molecule has 6 nitrogen and oxygen atoms in total. The van der Waals surface area contributed by atoms with Crippen LogP contribution in [0.2, 0.25) is 0 Å².